The fourth-order valence-corrected chi connectivity index (χ4v) is 2.29. The van der Waals surface area contributed by atoms with Gasteiger partial charge < -0.3 is 15.4 Å². The maximum Gasteiger partial charge on any atom is 0.441 e. The standard InChI is InChI=1S/C18H18F3N3O3/c1-11-4-6-13(7-5-11)15(25)24-17(16(26)27-3,18(19,20)21)23-14-10-12(2)8-9-22-14/h4-10H,1-3H3,(H,22,23)(H,24,25)/t17-/m1/s1. The van der Waals surface area contributed by atoms with E-state index in [9.17, 15) is 22.8 Å². The van der Waals surface area contributed by atoms with Crippen LogP contribution in [0.25, 0.3) is 0 Å². The van der Waals surface area contributed by atoms with Gasteiger partial charge in [0.1, 0.15) is 5.82 Å². The van der Waals surface area contributed by atoms with Crippen LogP contribution in [0.5, 0.6) is 0 Å². The molecule has 0 aliphatic heterocycles. The first kappa shape index (κ1) is 20.2. The minimum Gasteiger partial charge on any atom is -0.466 e. The third kappa shape index (κ3) is 4.36. The number of amides is 1. The lowest BCUT2D eigenvalue weighted by Gasteiger charge is -2.34. The van der Waals surface area contributed by atoms with Crippen LogP contribution in [0, 0.1) is 13.8 Å². The molecule has 1 aromatic carbocycles. The van der Waals surface area contributed by atoms with E-state index in [4.69, 9.17) is 0 Å². The molecule has 2 N–H and O–H groups in total. The molecular formula is C18H18F3N3O3. The number of esters is 1. The zero-order chi connectivity index (χ0) is 20.2. The Morgan fingerprint density at radius 2 is 1.67 bits per heavy atom. The molecule has 1 atom stereocenters. The van der Waals surface area contributed by atoms with Gasteiger partial charge in [-0.3, -0.25) is 4.79 Å². The van der Waals surface area contributed by atoms with Crippen molar-refractivity contribution in [2.45, 2.75) is 25.7 Å². The van der Waals surface area contributed by atoms with Crippen molar-refractivity contribution in [3.8, 4) is 0 Å². The van der Waals surface area contributed by atoms with Crippen molar-refractivity contribution in [3.63, 3.8) is 0 Å². The SMILES string of the molecule is COC(=O)[C@](NC(=O)c1ccc(C)cc1)(Nc1cc(C)ccn1)C(F)(F)F. The Kier molecular flexibility index (Phi) is 5.72. The van der Waals surface area contributed by atoms with Crippen molar-refractivity contribution >= 4 is 17.7 Å². The van der Waals surface area contributed by atoms with Crippen molar-refractivity contribution < 1.29 is 27.5 Å². The Labute approximate surface area is 153 Å². The number of halogens is 3. The van der Waals surface area contributed by atoms with Gasteiger partial charge in [-0.1, -0.05) is 17.7 Å². The minimum atomic E-state index is -5.22. The number of pyridine rings is 1. The fourth-order valence-electron chi connectivity index (χ4n) is 2.29. The molecule has 0 bridgehead atoms. The molecule has 1 heterocycles. The largest absolute Gasteiger partial charge is 0.466 e. The minimum absolute atomic E-state index is 0.0443. The lowest BCUT2D eigenvalue weighted by Crippen LogP contribution is -2.69. The highest BCUT2D eigenvalue weighted by molar-refractivity contribution is 5.99. The Balaban J connectivity index is 2.48. The summed E-state index contributed by atoms with van der Waals surface area (Å²) in [5, 5.41) is 3.73. The Morgan fingerprint density at radius 3 is 2.19 bits per heavy atom. The Morgan fingerprint density at radius 1 is 1.04 bits per heavy atom. The third-order valence-corrected chi connectivity index (χ3v) is 3.76. The molecule has 0 aliphatic carbocycles. The van der Waals surface area contributed by atoms with E-state index in [1.165, 1.54) is 24.4 Å². The average Bonchev–Trinajstić information content (AvgIpc) is 2.60. The second kappa shape index (κ2) is 7.65. The summed E-state index contributed by atoms with van der Waals surface area (Å²) in [5.41, 5.74) is -2.12. The first-order valence-electron chi connectivity index (χ1n) is 7.84. The van der Waals surface area contributed by atoms with Crippen molar-refractivity contribution in [2.75, 3.05) is 12.4 Å². The number of alkyl halides is 3. The lowest BCUT2D eigenvalue weighted by atomic mass is 10.1. The first-order chi connectivity index (χ1) is 12.6. The molecule has 144 valence electrons. The van der Waals surface area contributed by atoms with E-state index in [0.717, 1.165) is 12.7 Å². The zero-order valence-electron chi connectivity index (χ0n) is 14.8. The van der Waals surface area contributed by atoms with E-state index < -0.39 is 23.7 Å². The number of aromatic nitrogens is 1. The van der Waals surface area contributed by atoms with E-state index in [1.54, 1.807) is 37.4 Å². The van der Waals surface area contributed by atoms with Crippen molar-refractivity contribution in [3.05, 3.63) is 59.3 Å². The molecule has 0 fully saturated rings. The molecule has 2 rings (SSSR count). The monoisotopic (exact) mass is 381 g/mol. The van der Waals surface area contributed by atoms with Gasteiger partial charge >= 0.3 is 17.8 Å². The van der Waals surface area contributed by atoms with Crippen LogP contribution in [0.1, 0.15) is 21.5 Å². The number of benzene rings is 1. The molecular weight excluding hydrogens is 363 g/mol. The number of nitrogens with one attached hydrogen (secondary N) is 2. The normalized spacial score (nSPS) is 13.4. The quantitative estimate of drug-likeness (QED) is 0.615. The number of ether oxygens (including phenoxy) is 1. The summed E-state index contributed by atoms with van der Waals surface area (Å²) >= 11 is 0. The van der Waals surface area contributed by atoms with Gasteiger partial charge in [0.25, 0.3) is 5.91 Å². The van der Waals surface area contributed by atoms with Gasteiger partial charge in [0.15, 0.2) is 0 Å². The molecule has 0 spiro atoms. The van der Waals surface area contributed by atoms with Crippen LogP contribution in [-0.4, -0.2) is 35.8 Å². The van der Waals surface area contributed by atoms with Gasteiger partial charge in [0.05, 0.1) is 7.11 Å². The number of hydrogen-bond acceptors (Lipinski definition) is 5. The maximum absolute atomic E-state index is 13.9. The highest BCUT2D eigenvalue weighted by Crippen LogP contribution is 2.33. The summed E-state index contributed by atoms with van der Waals surface area (Å²) in [4.78, 5) is 28.3. The number of hydrogen-bond donors (Lipinski definition) is 2. The molecule has 1 aromatic heterocycles. The summed E-state index contributed by atoms with van der Waals surface area (Å²) in [7, 11) is 0.798. The van der Waals surface area contributed by atoms with Gasteiger partial charge in [0, 0.05) is 11.8 Å². The number of anilines is 1. The smallest absolute Gasteiger partial charge is 0.441 e. The molecule has 0 saturated heterocycles. The van der Waals surface area contributed by atoms with Crippen LogP contribution in [-0.2, 0) is 9.53 Å². The molecule has 2 aromatic rings. The van der Waals surface area contributed by atoms with E-state index in [0.29, 0.717) is 5.56 Å². The average molecular weight is 381 g/mol. The number of rotatable bonds is 5. The van der Waals surface area contributed by atoms with Crippen LogP contribution in [0.2, 0.25) is 0 Å². The van der Waals surface area contributed by atoms with Gasteiger partial charge in [-0.25, -0.2) is 9.78 Å². The van der Waals surface area contributed by atoms with Gasteiger partial charge in [-0.15, -0.1) is 0 Å². The van der Waals surface area contributed by atoms with Crippen molar-refractivity contribution in [2.24, 2.45) is 0 Å². The Hall–Kier alpha value is -3.10. The summed E-state index contributed by atoms with van der Waals surface area (Å²) < 4.78 is 46.1. The molecule has 0 saturated carbocycles. The predicted molar refractivity (Wildman–Crippen MR) is 92.0 cm³/mol. The van der Waals surface area contributed by atoms with Crippen LogP contribution >= 0.6 is 0 Å². The zero-order valence-corrected chi connectivity index (χ0v) is 14.8. The molecule has 27 heavy (non-hydrogen) atoms. The van der Waals surface area contributed by atoms with Crippen LogP contribution in [0.4, 0.5) is 19.0 Å². The topological polar surface area (TPSA) is 80.3 Å². The van der Waals surface area contributed by atoms with Gasteiger partial charge in [-0.05, 0) is 43.7 Å². The highest BCUT2D eigenvalue weighted by Gasteiger charge is 2.63. The van der Waals surface area contributed by atoms with Gasteiger partial charge in [-0.2, -0.15) is 13.2 Å². The summed E-state index contributed by atoms with van der Waals surface area (Å²) in [6.07, 6.45) is -3.94. The second-order valence-corrected chi connectivity index (χ2v) is 5.90. The molecule has 0 radical (unpaired) electrons. The summed E-state index contributed by atoms with van der Waals surface area (Å²) in [5.74, 6) is -3.07. The van der Waals surface area contributed by atoms with Crippen molar-refractivity contribution in [1.82, 2.24) is 10.3 Å². The van der Waals surface area contributed by atoms with Crippen LogP contribution < -0.4 is 10.6 Å². The van der Waals surface area contributed by atoms with E-state index >= 15 is 0 Å². The predicted octanol–water partition coefficient (Wildman–Crippen LogP) is 2.97. The number of aryl methyl sites for hydroxylation is 2. The van der Waals surface area contributed by atoms with Crippen molar-refractivity contribution in [1.29, 1.82) is 0 Å². The number of carbonyl (C=O) groups excluding carboxylic acids is 2. The molecule has 1 amide bonds. The molecule has 6 nitrogen and oxygen atoms in total. The Bertz CT molecular complexity index is 838. The lowest BCUT2D eigenvalue weighted by molar-refractivity contribution is -0.203. The maximum atomic E-state index is 13.9. The number of carbonyl (C=O) groups is 2. The first-order valence-corrected chi connectivity index (χ1v) is 7.84. The second-order valence-electron chi connectivity index (χ2n) is 5.90. The van der Waals surface area contributed by atoms with E-state index in [1.807, 2.05) is 5.32 Å². The molecule has 9 heteroatoms. The van der Waals surface area contributed by atoms with Gasteiger partial charge in [0.2, 0.25) is 0 Å². The summed E-state index contributed by atoms with van der Waals surface area (Å²) in [6, 6.07) is 8.72. The van der Waals surface area contributed by atoms with Crippen LogP contribution in [0.15, 0.2) is 42.6 Å². The molecule has 0 unspecified atom stereocenters. The number of nitrogens with zero attached hydrogens (tertiary/aromatic N) is 1. The third-order valence-electron chi connectivity index (χ3n) is 3.76. The van der Waals surface area contributed by atoms with E-state index in [-0.39, 0.29) is 11.4 Å². The van der Waals surface area contributed by atoms with Crippen LogP contribution in [0.3, 0.4) is 0 Å². The molecule has 0 aliphatic rings. The highest BCUT2D eigenvalue weighted by atomic mass is 19.4. The number of methoxy groups -OCH3 is 1. The van der Waals surface area contributed by atoms with E-state index in [2.05, 4.69) is 9.72 Å². The summed E-state index contributed by atoms with van der Waals surface area (Å²) in [6.45, 7) is 3.41. The fraction of sp³-hybridized carbons (Fsp3) is 0.278.